The first-order valence-electron chi connectivity index (χ1n) is 10.2. The number of oxime groups is 1. The average molecular weight is 413 g/mol. The quantitative estimate of drug-likeness (QED) is 0.526. The molecule has 0 saturated carbocycles. The highest BCUT2D eigenvalue weighted by molar-refractivity contribution is 5.82. The van der Waals surface area contributed by atoms with E-state index in [0.717, 1.165) is 38.3 Å². The first-order chi connectivity index (χ1) is 14.6. The topological polar surface area (TPSA) is 64.8 Å². The molecule has 160 valence electrons. The SMILES string of the molecule is COc1ccc(/C=N\O[C@H](C)C(=O)N2CC[NH+](Cc3ccccc3)CC2)cc1OC. The van der Waals surface area contributed by atoms with Crippen LogP contribution in [0.1, 0.15) is 18.1 Å². The van der Waals surface area contributed by atoms with Gasteiger partial charge in [0.2, 0.25) is 6.10 Å². The molecule has 1 aliphatic rings. The monoisotopic (exact) mass is 412 g/mol. The Morgan fingerprint density at radius 3 is 2.47 bits per heavy atom. The molecule has 0 bridgehead atoms. The number of benzene rings is 2. The van der Waals surface area contributed by atoms with Crippen molar-refractivity contribution < 1.29 is 24.0 Å². The lowest BCUT2D eigenvalue weighted by atomic mass is 10.2. The number of ether oxygens (including phenoxy) is 2. The Morgan fingerprint density at radius 2 is 1.80 bits per heavy atom. The van der Waals surface area contributed by atoms with Crippen LogP contribution in [0.3, 0.4) is 0 Å². The predicted octanol–water partition coefficient (Wildman–Crippen LogP) is 1.37. The first kappa shape index (κ1) is 21.6. The molecule has 1 N–H and O–H groups in total. The largest absolute Gasteiger partial charge is 0.493 e. The van der Waals surface area contributed by atoms with Crippen LogP contribution >= 0.6 is 0 Å². The van der Waals surface area contributed by atoms with Gasteiger partial charge in [-0.1, -0.05) is 35.5 Å². The summed E-state index contributed by atoms with van der Waals surface area (Å²) >= 11 is 0. The van der Waals surface area contributed by atoms with Gasteiger partial charge in [0.05, 0.1) is 46.6 Å². The second kappa shape index (κ2) is 10.6. The van der Waals surface area contributed by atoms with Crippen molar-refractivity contribution in [1.82, 2.24) is 4.90 Å². The minimum absolute atomic E-state index is 0.0294. The van der Waals surface area contributed by atoms with Crippen molar-refractivity contribution in [3.8, 4) is 11.5 Å². The van der Waals surface area contributed by atoms with E-state index in [-0.39, 0.29) is 5.91 Å². The fourth-order valence-electron chi connectivity index (χ4n) is 3.52. The zero-order valence-corrected chi connectivity index (χ0v) is 17.8. The Labute approximate surface area is 177 Å². The van der Waals surface area contributed by atoms with Crippen molar-refractivity contribution in [2.75, 3.05) is 40.4 Å². The number of amides is 1. The minimum atomic E-state index is -0.628. The molecule has 3 rings (SSSR count). The number of hydrogen-bond donors (Lipinski definition) is 1. The van der Waals surface area contributed by atoms with Crippen molar-refractivity contribution in [2.45, 2.75) is 19.6 Å². The van der Waals surface area contributed by atoms with Crippen LogP contribution in [-0.2, 0) is 16.2 Å². The van der Waals surface area contributed by atoms with Crippen molar-refractivity contribution in [3.05, 3.63) is 59.7 Å². The lowest BCUT2D eigenvalue weighted by molar-refractivity contribution is -0.917. The van der Waals surface area contributed by atoms with Crippen LogP contribution in [0.5, 0.6) is 11.5 Å². The third-order valence-electron chi connectivity index (χ3n) is 5.26. The first-order valence-corrected chi connectivity index (χ1v) is 10.2. The van der Waals surface area contributed by atoms with E-state index in [1.54, 1.807) is 39.5 Å². The highest BCUT2D eigenvalue weighted by atomic mass is 16.6. The number of rotatable bonds is 8. The van der Waals surface area contributed by atoms with Crippen molar-refractivity contribution in [1.29, 1.82) is 0 Å². The molecule has 1 heterocycles. The van der Waals surface area contributed by atoms with Gasteiger partial charge < -0.3 is 24.1 Å². The maximum absolute atomic E-state index is 12.7. The van der Waals surface area contributed by atoms with Gasteiger partial charge in [0.15, 0.2) is 11.5 Å². The Kier molecular flexibility index (Phi) is 7.68. The summed E-state index contributed by atoms with van der Waals surface area (Å²) in [6, 6.07) is 15.9. The van der Waals surface area contributed by atoms with E-state index < -0.39 is 6.10 Å². The summed E-state index contributed by atoms with van der Waals surface area (Å²) in [5, 5.41) is 3.99. The number of carbonyl (C=O) groups excluding carboxylic acids is 1. The van der Waals surface area contributed by atoms with E-state index >= 15 is 0 Å². The van der Waals surface area contributed by atoms with E-state index in [1.165, 1.54) is 10.5 Å². The third kappa shape index (κ3) is 5.73. The van der Waals surface area contributed by atoms with Gasteiger partial charge in [0, 0.05) is 11.1 Å². The molecule has 2 aromatic carbocycles. The molecule has 1 fully saturated rings. The van der Waals surface area contributed by atoms with Crippen molar-refractivity contribution >= 4 is 12.1 Å². The number of carbonyl (C=O) groups is 1. The Balaban J connectivity index is 1.46. The second-order valence-corrected chi connectivity index (χ2v) is 7.33. The highest BCUT2D eigenvalue weighted by Gasteiger charge is 2.27. The molecule has 0 aromatic heterocycles. The summed E-state index contributed by atoms with van der Waals surface area (Å²) in [7, 11) is 3.17. The summed E-state index contributed by atoms with van der Waals surface area (Å²) in [4.78, 5) is 21.4. The number of nitrogens with one attached hydrogen (secondary N) is 1. The van der Waals surface area contributed by atoms with Crippen LogP contribution in [0.4, 0.5) is 0 Å². The van der Waals surface area contributed by atoms with Gasteiger partial charge in [-0.3, -0.25) is 4.79 Å². The highest BCUT2D eigenvalue weighted by Crippen LogP contribution is 2.26. The maximum atomic E-state index is 12.7. The molecule has 0 aliphatic carbocycles. The molecule has 0 spiro atoms. The molecular formula is C23H30N3O4+. The van der Waals surface area contributed by atoms with Gasteiger partial charge in [0.1, 0.15) is 6.54 Å². The minimum Gasteiger partial charge on any atom is -0.493 e. The fraction of sp³-hybridized carbons (Fsp3) is 0.391. The molecule has 30 heavy (non-hydrogen) atoms. The van der Waals surface area contributed by atoms with Crippen LogP contribution in [0.25, 0.3) is 0 Å². The van der Waals surface area contributed by atoms with Crippen LogP contribution in [-0.4, -0.2) is 63.5 Å². The van der Waals surface area contributed by atoms with Gasteiger partial charge in [-0.2, -0.15) is 0 Å². The number of piperazine rings is 1. The van der Waals surface area contributed by atoms with Crippen LogP contribution in [0, 0.1) is 0 Å². The summed E-state index contributed by atoms with van der Waals surface area (Å²) in [5.41, 5.74) is 2.12. The Morgan fingerprint density at radius 1 is 1.10 bits per heavy atom. The van der Waals surface area contributed by atoms with Crippen LogP contribution in [0.15, 0.2) is 53.7 Å². The Bertz CT molecular complexity index is 849. The van der Waals surface area contributed by atoms with Gasteiger partial charge in [-0.25, -0.2) is 0 Å². The number of hydrogen-bond acceptors (Lipinski definition) is 5. The molecule has 0 radical (unpaired) electrons. The molecular weight excluding hydrogens is 382 g/mol. The van der Waals surface area contributed by atoms with Crippen molar-refractivity contribution in [2.24, 2.45) is 5.16 Å². The van der Waals surface area contributed by atoms with E-state index in [1.807, 2.05) is 17.0 Å². The number of nitrogens with zero attached hydrogens (tertiary/aromatic N) is 2. The molecule has 7 heteroatoms. The Hall–Kier alpha value is -3.06. The third-order valence-corrected chi connectivity index (χ3v) is 5.26. The van der Waals surface area contributed by atoms with Gasteiger partial charge >= 0.3 is 0 Å². The van der Waals surface area contributed by atoms with Crippen LogP contribution < -0.4 is 14.4 Å². The lowest BCUT2D eigenvalue weighted by Crippen LogP contribution is -3.13. The molecule has 1 aliphatic heterocycles. The molecule has 1 amide bonds. The van der Waals surface area contributed by atoms with Gasteiger partial charge in [-0.15, -0.1) is 0 Å². The average Bonchev–Trinajstić information content (AvgIpc) is 2.79. The maximum Gasteiger partial charge on any atom is 0.266 e. The second-order valence-electron chi connectivity index (χ2n) is 7.33. The molecule has 1 saturated heterocycles. The summed E-state index contributed by atoms with van der Waals surface area (Å²) < 4.78 is 10.5. The summed E-state index contributed by atoms with van der Waals surface area (Å²) in [5.74, 6) is 1.23. The number of quaternary nitrogens is 1. The number of methoxy groups -OCH3 is 2. The lowest BCUT2D eigenvalue weighted by Gasteiger charge is -2.33. The summed E-state index contributed by atoms with van der Waals surface area (Å²) in [6.07, 6.45) is 0.935. The molecule has 7 nitrogen and oxygen atoms in total. The zero-order valence-electron chi connectivity index (χ0n) is 17.8. The van der Waals surface area contributed by atoms with Crippen LogP contribution in [0.2, 0.25) is 0 Å². The summed E-state index contributed by atoms with van der Waals surface area (Å²) in [6.45, 7) is 6.05. The molecule has 1 atom stereocenters. The van der Waals surface area contributed by atoms with Gasteiger partial charge in [-0.05, 0) is 25.1 Å². The molecule has 0 unspecified atom stereocenters. The van der Waals surface area contributed by atoms with E-state index in [9.17, 15) is 4.79 Å². The van der Waals surface area contributed by atoms with Crippen molar-refractivity contribution in [3.63, 3.8) is 0 Å². The predicted molar refractivity (Wildman–Crippen MR) is 115 cm³/mol. The standard InChI is InChI=1S/C23H29N3O4/c1-18(30-24-16-20-9-10-21(28-2)22(15-20)29-3)23(27)26-13-11-25(12-14-26)17-19-7-5-4-6-8-19/h4-10,15-16,18H,11-14,17H2,1-3H3/p+1/b24-16-/t18-/m1/s1. The van der Waals surface area contributed by atoms with E-state index in [4.69, 9.17) is 14.3 Å². The van der Waals surface area contributed by atoms with E-state index in [2.05, 4.69) is 29.4 Å². The zero-order chi connectivity index (χ0) is 21.3. The van der Waals surface area contributed by atoms with Gasteiger partial charge in [0.25, 0.3) is 5.91 Å². The van der Waals surface area contributed by atoms with E-state index in [0.29, 0.717) is 11.5 Å². The fourth-order valence-corrected chi connectivity index (χ4v) is 3.52. The normalized spacial score (nSPS) is 15.8. The molecule has 2 aromatic rings. The smallest absolute Gasteiger partial charge is 0.266 e.